The molecule has 0 spiro atoms. The molecule has 0 N–H and O–H groups in total. The Hall–Kier alpha value is -3.35. The zero-order valence-corrected chi connectivity index (χ0v) is 14.5. The molecule has 0 saturated carbocycles. The molecule has 1 aliphatic heterocycles. The van der Waals surface area contributed by atoms with Crippen LogP contribution in [0.5, 0.6) is 17.2 Å². The van der Waals surface area contributed by atoms with E-state index < -0.39 is 11.9 Å². The van der Waals surface area contributed by atoms with Crippen molar-refractivity contribution in [3.8, 4) is 28.6 Å². The highest BCUT2D eigenvalue weighted by Gasteiger charge is 2.28. The van der Waals surface area contributed by atoms with Gasteiger partial charge in [0.25, 0.3) is 0 Å². The maximum absolute atomic E-state index is 14.3. The van der Waals surface area contributed by atoms with Gasteiger partial charge in [0.2, 0.25) is 0 Å². The highest BCUT2D eigenvalue weighted by atomic mass is 19.1. The number of carbonyl (C=O) groups excluding carboxylic acids is 1. The number of nitrogens with zero attached hydrogens (tertiary/aromatic N) is 1. The fourth-order valence-corrected chi connectivity index (χ4v) is 2.87. The van der Waals surface area contributed by atoms with Crippen molar-refractivity contribution in [3.05, 3.63) is 60.4 Å². The zero-order valence-electron chi connectivity index (χ0n) is 14.5. The molecule has 1 atom stereocenters. The molecule has 1 unspecified atom stereocenters. The molecule has 0 radical (unpaired) electrons. The van der Waals surface area contributed by atoms with Gasteiger partial charge in [0, 0.05) is 12.5 Å². The SMILES string of the molecule is COc1ccc2c(c1)OC(C(=O)Cc1ccc(-c3cnco3)c(F)c1)CO2. The Labute approximate surface area is 154 Å². The maximum Gasteiger partial charge on any atom is 0.191 e. The summed E-state index contributed by atoms with van der Waals surface area (Å²) in [5, 5.41) is 0. The molecule has 2 aromatic carbocycles. The van der Waals surface area contributed by atoms with E-state index in [9.17, 15) is 9.18 Å². The maximum atomic E-state index is 14.3. The van der Waals surface area contributed by atoms with Crippen molar-refractivity contribution in [3.63, 3.8) is 0 Å². The first-order valence-electron chi connectivity index (χ1n) is 8.31. The lowest BCUT2D eigenvalue weighted by atomic mass is 10.0. The van der Waals surface area contributed by atoms with Crippen molar-refractivity contribution >= 4 is 5.78 Å². The summed E-state index contributed by atoms with van der Waals surface area (Å²) >= 11 is 0. The second-order valence-electron chi connectivity index (χ2n) is 6.05. The van der Waals surface area contributed by atoms with Crippen molar-refractivity contribution in [1.82, 2.24) is 4.98 Å². The second kappa shape index (κ2) is 7.11. The molecule has 4 rings (SSSR count). The summed E-state index contributed by atoms with van der Waals surface area (Å²) in [5.41, 5.74) is 0.836. The van der Waals surface area contributed by atoms with Crippen LogP contribution in [0.4, 0.5) is 4.39 Å². The van der Waals surface area contributed by atoms with Gasteiger partial charge in [-0.05, 0) is 29.8 Å². The van der Waals surface area contributed by atoms with Crippen molar-refractivity contribution in [2.45, 2.75) is 12.5 Å². The second-order valence-corrected chi connectivity index (χ2v) is 6.05. The molecule has 27 heavy (non-hydrogen) atoms. The van der Waals surface area contributed by atoms with Crippen LogP contribution < -0.4 is 14.2 Å². The lowest BCUT2D eigenvalue weighted by Crippen LogP contribution is -2.37. The Morgan fingerprint density at radius 3 is 2.89 bits per heavy atom. The summed E-state index contributed by atoms with van der Waals surface area (Å²) in [6.45, 7) is 0.108. The van der Waals surface area contributed by atoms with Crippen LogP contribution in [-0.2, 0) is 11.2 Å². The Morgan fingerprint density at radius 2 is 2.15 bits per heavy atom. The van der Waals surface area contributed by atoms with E-state index in [2.05, 4.69) is 4.98 Å². The number of rotatable bonds is 5. The van der Waals surface area contributed by atoms with Crippen LogP contribution in [0.15, 0.2) is 53.4 Å². The van der Waals surface area contributed by atoms with E-state index in [1.54, 1.807) is 37.4 Å². The van der Waals surface area contributed by atoms with E-state index in [4.69, 9.17) is 18.6 Å². The fourth-order valence-electron chi connectivity index (χ4n) is 2.87. The number of Topliss-reactive ketones (excluding diaryl/α,β-unsaturated/α-hetero) is 1. The standard InChI is InChI=1S/C20H16FNO5/c1-24-13-3-5-17-18(8-13)27-20(10-25-17)16(23)7-12-2-4-14(15(21)6-12)19-9-22-11-26-19/h2-6,8-9,11,20H,7,10H2,1H3. The highest BCUT2D eigenvalue weighted by Crippen LogP contribution is 2.35. The van der Waals surface area contributed by atoms with Gasteiger partial charge in [-0.2, -0.15) is 0 Å². The van der Waals surface area contributed by atoms with Crippen LogP contribution in [-0.4, -0.2) is 30.6 Å². The van der Waals surface area contributed by atoms with Gasteiger partial charge < -0.3 is 18.6 Å². The van der Waals surface area contributed by atoms with Crippen molar-refractivity contribution in [1.29, 1.82) is 0 Å². The highest BCUT2D eigenvalue weighted by molar-refractivity contribution is 5.86. The Bertz CT molecular complexity index is 971. The average Bonchev–Trinajstić information content (AvgIpc) is 3.21. The molecule has 2 heterocycles. The average molecular weight is 369 g/mol. The third-order valence-corrected chi connectivity index (χ3v) is 4.28. The van der Waals surface area contributed by atoms with E-state index in [0.717, 1.165) is 0 Å². The summed E-state index contributed by atoms with van der Waals surface area (Å²) in [4.78, 5) is 16.3. The quantitative estimate of drug-likeness (QED) is 0.686. The monoisotopic (exact) mass is 369 g/mol. The first kappa shape index (κ1) is 17.1. The van der Waals surface area contributed by atoms with E-state index in [0.29, 0.717) is 34.1 Å². The van der Waals surface area contributed by atoms with Gasteiger partial charge in [-0.1, -0.05) is 6.07 Å². The molecule has 0 bridgehead atoms. The van der Waals surface area contributed by atoms with Gasteiger partial charge >= 0.3 is 0 Å². The van der Waals surface area contributed by atoms with Crippen molar-refractivity contribution in [2.75, 3.05) is 13.7 Å². The summed E-state index contributed by atoms with van der Waals surface area (Å²) in [5.74, 6) is 1.27. The van der Waals surface area contributed by atoms with E-state index >= 15 is 0 Å². The number of ether oxygens (including phenoxy) is 3. The molecule has 0 fully saturated rings. The number of carbonyl (C=O) groups is 1. The third kappa shape index (κ3) is 3.48. The summed E-state index contributed by atoms with van der Waals surface area (Å²) in [7, 11) is 1.55. The van der Waals surface area contributed by atoms with Gasteiger partial charge in [-0.3, -0.25) is 4.79 Å². The molecule has 0 amide bonds. The molecule has 0 aliphatic carbocycles. The summed E-state index contributed by atoms with van der Waals surface area (Å²) in [6.07, 6.45) is 1.93. The first-order chi connectivity index (χ1) is 13.1. The first-order valence-corrected chi connectivity index (χ1v) is 8.31. The number of hydrogen-bond acceptors (Lipinski definition) is 6. The molecule has 7 heteroatoms. The van der Waals surface area contributed by atoms with Crippen molar-refractivity contribution in [2.24, 2.45) is 0 Å². The van der Waals surface area contributed by atoms with Gasteiger partial charge in [0.1, 0.15) is 18.2 Å². The third-order valence-electron chi connectivity index (χ3n) is 4.28. The Kier molecular flexibility index (Phi) is 4.50. The lowest BCUT2D eigenvalue weighted by molar-refractivity contribution is -0.127. The van der Waals surface area contributed by atoms with Crippen LogP contribution in [0.3, 0.4) is 0 Å². The molecule has 138 valence electrons. The largest absolute Gasteiger partial charge is 0.497 e. The Morgan fingerprint density at radius 1 is 1.26 bits per heavy atom. The predicted octanol–water partition coefficient (Wildman–Crippen LogP) is 3.44. The number of aromatic nitrogens is 1. The minimum Gasteiger partial charge on any atom is -0.497 e. The number of fused-ring (bicyclic) bond motifs is 1. The van der Waals surface area contributed by atoms with Gasteiger partial charge in [0.15, 0.2) is 35.5 Å². The zero-order chi connectivity index (χ0) is 18.8. The number of halogens is 1. The molecular formula is C20H16FNO5. The minimum absolute atomic E-state index is 0.0287. The van der Waals surface area contributed by atoms with E-state index in [1.165, 1.54) is 18.7 Å². The molecule has 6 nitrogen and oxygen atoms in total. The smallest absolute Gasteiger partial charge is 0.191 e. The summed E-state index contributed by atoms with van der Waals surface area (Å²) in [6, 6.07) is 9.71. The van der Waals surface area contributed by atoms with Crippen LogP contribution >= 0.6 is 0 Å². The van der Waals surface area contributed by atoms with Crippen LogP contribution in [0.2, 0.25) is 0 Å². The number of methoxy groups -OCH3 is 1. The van der Waals surface area contributed by atoms with E-state index in [1.807, 2.05) is 0 Å². The number of benzene rings is 2. The van der Waals surface area contributed by atoms with Crippen molar-refractivity contribution < 1.29 is 27.8 Å². The van der Waals surface area contributed by atoms with E-state index in [-0.39, 0.29) is 18.8 Å². The molecule has 0 saturated heterocycles. The van der Waals surface area contributed by atoms with Gasteiger partial charge in [-0.15, -0.1) is 0 Å². The summed E-state index contributed by atoms with van der Waals surface area (Å²) < 4.78 is 35.9. The Balaban J connectivity index is 1.47. The topological polar surface area (TPSA) is 70.8 Å². The number of hydrogen-bond donors (Lipinski definition) is 0. The predicted molar refractivity (Wildman–Crippen MR) is 93.5 cm³/mol. The minimum atomic E-state index is -0.762. The fraction of sp³-hybridized carbons (Fsp3) is 0.200. The van der Waals surface area contributed by atoms with Crippen LogP contribution in [0.25, 0.3) is 11.3 Å². The van der Waals surface area contributed by atoms with Crippen LogP contribution in [0.1, 0.15) is 5.56 Å². The number of ketones is 1. The lowest BCUT2D eigenvalue weighted by Gasteiger charge is -2.26. The molecule has 3 aromatic rings. The molecular weight excluding hydrogens is 353 g/mol. The molecule has 1 aromatic heterocycles. The normalized spacial score (nSPS) is 15.4. The van der Waals surface area contributed by atoms with Crippen LogP contribution in [0, 0.1) is 5.82 Å². The van der Waals surface area contributed by atoms with Gasteiger partial charge in [0.05, 0.1) is 18.9 Å². The van der Waals surface area contributed by atoms with Gasteiger partial charge in [-0.25, -0.2) is 9.37 Å². The number of oxazole rings is 1. The molecule has 1 aliphatic rings.